The van der Waals surface area contributed by atoms with Crippen LogP contribution in [0.25, 0.3) is 6.08 Å². The molecule has 0 bridgehead atoms. The zero-order valence-electron chi connectivity index (χ0n) is 9.78. The summed E-state index contributed by atoms with van der Waals surface area (Å²) in [5, 5.41) is 0. The van der Waals surface area contributed by atoms with Gasteiger partial charge in [0.1, 0.15) is 0 Å². The van der Waals surface area contributed by atoms with Crippen molar-refractivity contribution in [1.82, 2.24) is 0 Å². The van der Waals surface area contributed by atoms with Crippen LogP contribution in [0.5, 0.6) is 11.5 Å². The Morgan fingerprint density at radius 3 is 2.88 bits per heavy atom. The summed E-state index contributed by atoms with van der Waals surface area (Å²) < 4.78 is 12.2. The van der Waals surface area contributed by atoms with E-state index in [2.05, 4.69) is 15.9 Å². The number of ether oxygens (including phenoxy) is 2. The van der Waals surface area contributed by atoms with E-state index in [9.17, 15) is 0 Å². The van der Waals surface area contributed by atoms with Crippen LogP contribution < -0.4 is 15.2 Å². The third-order valence-electron chi connectivity index (χ3n) is 2.42. The predicted octanol–water partition coefficient (Wildman–Crippen LogP) is 2.97. The summed E-state index contributed by atoms with van der Waals surface area (Å²) in [6.45, 7) is 3.33. The maximum Gasteiger partial charge on any atom is 0.175 e. The van der Waals surface area contributed by atoms with Crippen LogP contribution in [-0.4, -0.2) is 19.3 Å². The highest BCUT2D eigenvalue weighted by Crippen LogP contribution is 2.38. The van der Waals surface area contributed by atoms with Gasteiger partial charge in [-0.05, 0) is 40.5 Å². The monoisotopic (exact) mass is 297 g/mol. The zero-order chi connectivity index (χ0) is 12.3. The number of rotatable bonds is 2. The Bertz CT molecular complexity index is 430. The van der Waals surface area contributed by atoms with E-state index in [1.165, 1.54) is 0 Å². The Kier molecular flexibility index (Phi) is 4.07. The van der Waals surface area contributed by atoms with Crippen molar-refractivity contribution in [2.75, 3.05) is 13.2 Å². The molecule has 1 atom stereocenters. The first-order valence-electron chi connectivity index (χ1n) is 5.70. The molecule has 1 unspecified atom stereocenters. The second kappa shape index (κ2) is 5.56. The van der Waals surface area contributed by atoms with Gasteiger partial charge in [-0.2, -0.15) is 0 Å². The lowest BCUT2D eigenvalue weighted by molar-refractivity contribution is 0.296. The third kappa shape index (κ3) is 3.23. The smallest absolute Gasteiger partial charge is 0.175 e. The Morgan fingerprint density at radius 1 is 1.35 bits per heavy atom. The van der Waals surface area contributed by atoms with Crippen molar-refractivity contribution in [3.63, 3.8) is 0 Å². The van der Waals surface area contributed by atoms with Gasteiger partial charge < -0.3 is 15.2 Å². The van der Waals surface area contributed by atoms with Crippen LogP contribution in [0.3, 0.4) is 0 Å². The standard InChI is InChI=1S/C13H16BrNO2/c1-9(15)3-4-10-7-11(14)13-12(8-10)16-5-2-6-17-13/h3-4,7-9H,2,5-6,15H2,1H3/b4-3+. The zero-order valence-corrected chi connectivity index (χ0v) is 11.4. The van der Waals surface area contributed by atoms with Crippen molar-refractivity contribution in [3.8, 4) is 11.5 Å². The van der Waals surface area contributed by atoms with Crippen LogP contribution in [0.1, 0.15) is 18.9 Å². The molecule has 2 rings (SSSR count). The van der Waals surface area contributed by atoms with Crippen LogP contribution >= 0.6 is 15.9 Å². The van der Waals surface area contributed by atoms with Gasteiger partial charge in [-0.15, -0.1) is 0 Å². The van der Waals surface area contributed by atoms with Crippen LogP contribution in [-0.2, 0) is 0 Å². The van der Waals surface area contributed by atoms with E-state index in [4.69, 9.17) is 15.2 Å². The number of nitrogens with two attached hydrogens (primary N) is 1. The molecule has 2 N–H and O–H groups in total. The molecule has 92 valence electrons. The predicted molar refractivity (Wildman–Crippen MR) is 72.4 cm³/mol. The quantitative estimate of drug-likeness (QED) is 0.913. The highest BCUT2D eigenvalue weighted by Gasteiger charge is 2.14. The summed E-state index contributed by atoms with van der Waals surface area (Å²) in [4.78, 5) is 0. The Morgan fingerprint density at radius 2 is 2.12 bits per heavy atom. The van der Waals surface area contributed by atoms with E-state index in [1.807, 2.05) is 31.2 Å². The first kappa shape index (κ1) is 12.5. The van der Waals surface area contributed by atoms with Gasteiger partial charge in [-0.1, -0.05) is 12.2 Å². The molecule has 1 aromatic carbocycles. The molecule has 1 aliphatic heterocycles. The molecule has 0 aromatic heterocycles. The average molecular weight is 298 g/mol. The van der Waals surface area contributed by atoms with E-state index in [0.29, 0.717) is 13.2 Å². The van der Waals surface area contributed by atoms with Crippen molar-refractivity contribution in [1.29, 1.82) is 0 Å². The molecule has 4 heteroatoms. The Hall–Kier alpha value is -1.00. The molecule has 0 amide bonds. The van der Waals surface area contributed by atoms with E-state index < -0.39 is 0 Å². The van der Waals surface area contributed by atoms with Crippen molar-refractivity contribution in [2.24, 2.45) is 5.73 Å². The van der Waals surface area contributed by atoms with Gasteiger partial charge in [0.25, 0.3) is 0 Å². The molecule has 3 nitrogen and oxygen atoms in total. The highest BCUT2D eigenvalue weighted by atomic mass is 79.9. The fourth-order valence-corrected chi connectivity index (χ4v) is 2.18. The van der Waals surface area contributed by atoms with E-state index in [1.54, 1.807) is 0 Å². The third-order valence-corrected chi connectivity index (χ3v) is 3.01. The fraction of sp³-hybridized carbons (Fsp3) is 0.385. The summed E-state index contributed by atoms with van der Waals surface area (Å²) in [6, 6.07) is 4.03. The van der Waals surface area contributed by atoms with Gasteiger partial charge >= 0.3 is 0 Å². The summed E-state index contributed by atoms with van der Waals surface area (Å²) >= 11 is 3.50. The molecule has 0 saturated heterocycles. The van der Waals surface area contributed by atoms with Crippen LogP contribution in [0, 0.1) is 0 Å². The molecule has 0 aliphatic carbocycles. The van der Waals surface area contributed by atoms with Gasteiger partial charge in [0.15, 0.2) is 11.5 Å². The lowest BCUT2D eigenvalue weighted by Crippen LogP contribution is -2.09. The lowest BCUT2D eigenvalue weighted by atomic mass is 10.1. The molecule has 0 saturated carbocycles. The van der Waals surface area contributed by atoms with Crippen LogP contribution in [0.15, 0.2) is 22.7 Å². The number of hydrogen-bond acceptors (Lipinski definition) is 3. The SMILES string of the molecule is CC(N)/C=C/c1cc(Br)c2c(c1)OCCCO2. The summed E-state index contributed by atoms with van der Waals surface area (Å²) in [6.07, 6.45) is 4.85. The molecular formula is C13H16BrNO2. The Labute approximate surface area is 110 Å². The second-order valence-electron chi connectivity index (χ2n) is 4.10. The number of hydrogen-bond donors (Lipinski definition) is 1. The maximum absolute atomic E-state index is 5.69. The maximum atomic E-state index is 5.69. The number of fused-ring (bicyclic) bond motifs is 1. The molecule has 0 spiro atoms. The minimum atomic E-state index is 0.0461. The molecule has 17 heavy (non-hydrogen) atoms. The highest BCUT2D eigenvalue weighted by molar-refractivity contribution is 9.10. The molecule has 1 aliphatic rings. The van der Waals surface area contributed by atoms with E-state index in [-0.39, 0.29) is 6.04 Å². The fourth-order valence-electron chi connectivity index (χ4n) is 1.61. The van der Waals surface area contributed by atoms with E-state index in [0.717, 1.165) is 28.0 Å². The van der Waals surface area contributed by atoms with Crippen molar-refractivity contribution >= 4 is 22.0 Å². The average Bonchev–Trinajstić information content (AvgIpc) is 2.51. The topological polar surface area (TPSA) is 44.5 Å². The van der Waals surface area contributed by atoms with Gasteiger partial charge in [0, 0.05) is 12.5 Å². The van der Waals surface area contributed by atoms with Crippen LogP contribution in [0.4, 0.5) is 0 Å². The first-order valence-corrected chi connectivity index (χ1v) is 6.49. The minimum absolute atomic E-state index is 0.0461. The molecule has 1 aromatic rings. The van der Waals surface area contributed by atoms with E-state index >= 15 is 0 Å². The molecule has 0 fully saturated rings. The van der Waals surface area contributed by atoms with Gasteiger partial charge in [-0.3, -0.25) is 0 Å². The van der Waals surface area contributed by atoms with Gasteiger partial charge in [0.2, 0.25) is 0 Å². The molecule has 0 radical (unpaired) electrons. The number of benzene rings is 1. The minimum Gasteiger partial charge on any atom is -0.489 e. The largest absolute Gasteiger partial charge is 0.489 e. The van der Waals surface area contributed by atoms with Gasteiger partial charge in [0.05, 0.1) is 17.7 Å². The second-order valence-corrected chi connectivity index (χ2v) is 4.95. The lowest BCUT2D eigenvalue weighted by Gasteiger charge is -2.10. The first-order chi connectivity index (χ1) is 8.16. The normalized spacial score (nSPS) is 16.9. The summed E-state index contributed by atoms with van der Waals surface area (Å²) in [5.41, 5.74) is 6.74. The Balaban J connectivity index is 2.32. The summed E-state index contributed by atoms with van der Waals surface area (Å²) in [7, 11) is 0. The van der Waals surface area contributed by atoms with Crippen LogP contribution in [0.2, 0.25) is 0 Å². The summed E-state index contributed by atoms with van der Waals surface area (Å²) in [5.74, 6) is 1.58. The molecular weight excluding hydrogens is 282 g/mol. The van der Waals surface area contributed by atoms with Gasteiger partial charge in [-0.25, -0.2) is 0 Å². The van der Waals surface area contributed by atoms with Crippen molar-refractivity contribution in [2.45, 2.75) is 19.4 Å². The number of halogens is 1. The van der Waals surface area contributed by atoms with Crippen molar-refractivity contribution in [3.05, 3.63) is 28.2 Å². The molecule has 1 heterocycles. The van der Waals surface area contributed by atoms with Crippen molar-refractivity contribution < 1.29 is 9.47 Å².